The van der Waals surface area contributed by atoms with Gasteiger partial charge < -0.3 is 29.7 Å². The average molecular weight is 620 g/mol. The van der Waals surface area contributed by atoms with Crippen LogP contribution in [0.25, 0.3) is 5.95 Å². The van der Waals surface area contributed by atoms with E-state index in [0.29, 0.717) is 29.9 Å². The van der Waals surface area contributed by atoms with Crippen LogP contribution in [0, 0.1) is 5.82 Å². The van der Waals surface area contributed by atoms with Crippen molar-refractivity contribution in [2.75, 3.05) is 26.8 Å². The molecule has 0 saturated carbocycles. The molecule has 15 nitrogen and oxygen atoms in total. The first-order valence-corrected chi connectivity index (χ1v) is 14.2. The highest BCUT2D eigenvalue weighted by Crippen LogP contribution is 2.29. The molecule has 2 aromatic heterocycles. The average Bonchev–Trinajstić information content (AvgIpc) is 3.75. The van der Waals surface area contributed by atoms with Gasteiger partial charge in [0.15, 0.2) is 18.1 Å². The quantitative estimate of drug-likeness (QED) is 0.299. The van der Waals surface area contributed by atoms with Gasteiger partial charge in [-0.3, -0.25) is 24.0 Å². The van der Waals surface area contributed by atoms with Crippen molar-refractivity contribution in [1.82, 2.24) is 45.5 Å². The van der Waals surface area contributed by atoms with Crippen LogP contribution in [0.1, 0.15) is 34.6 Å². The Kier molecular flexibility index (Phi) is 8.52. The van der Waals surface area contributed by atoms with E-state index in [1.165, 1.54) is 41.4 Å². The molecule has 16 heteroatoms. The predicted molar refractivity (Wildman–Crippen MR) is 153 cm³/mol. The van der Waals surface area contributed by atoms with Crippen LogP contribution < -0.4 is 24.8 Å². The number of rotatable bonds is 3. The van der Waals surface area contributed by atoms with E-state index in [-0.39, 0.29) is 56.1 Å². The molecule has 1 saturated heterocycles. The Hall–Kier alpha value is -5.54. The van der Waals surface area contributed by atoms with Gasteiger partial charge in [-0.05, 0) is 41.8 Å². The number of fused-ring (bicyclic) bond motifs is 5. The smallest absolute Gasteiger partial charge is 0.291 e. The van der Waals surface area contributed by atoms with E-state index in [0.717, 1.165) is 5.56 Å². The Labute approximate surface area is 256 Å². The Morgan fingerprint density at radius 3 is 2.73 bits per heavy atom. The van der Waals surface area contributed by atoms with Crippen molar-refractivity contribution in [3.05, 3.63) is 71.8 Å². The molecule has 2 aromatic carbocycles. The van der Waals surface area contributed by atoms with Crippen molar-refractivity contribution < 1.29 is 33.0 Å². The minimum Gasteiger partial charge on any atom is -0.493 e. The number of aromatic nitrogens is 6. The van der Waals surface area contributed by atoms with Gasteiger partial charge in [-0.15, -0.1) is 15.3 Å². The zero-order valence-electron chi connectivity index (χ0n) is 24.2. The number of halogens is 1. The number of methoxy groups -OCH3 is 1. The normalized spacial score (nSPS) is 19.1. The first kappa shape index (κ1) is 29.5. The number of ether oxygens (including phenoxy) is 3. The molecule has 1 fully saturated rings. The number of aromatic amines is 1. The monoisotopic (exact) mass is 619 g/mol. The van der Waals surface area contributed by atoms with Gasteiger partial charge in [-0.2, -0.15) is 4.98 Å². The minimum absolute atomic E-state index is 0.00304. The Morgan fingerprint density at radius 1 is 1.07 bits per heavy atom. The zero-order valence-corrected chi connectivity index (χ0v) is 24.2. The number of nitrogens with zero attached hydrogens (tertiary/aromatic N) is 6. The van der Waals surface area contributed by atoms with Gasteiger partial charge >= 0.3 is 0 Å². The molecule has 6 rings (SSSR count). The third-order valence-corrected chi connectivity index (χ3v) is 7.44. The lowest BCUT2D eigenvalue weighted by Gasteiger charge is -2.38. The summed E-state index contributed by atoms with van der Waals surface area (Å²) in [5.41, 5.74) is 1.33. The number of hydrogen-bond donors (Lipinski definition) is 3. The lowest BCUT2D eigenvalue weighted by Crippen LogP contribution is -2.58. The number of likely N-dealkylation sites (tertiary alicyclic amines) is 1. The fourth-order valence-corrected chi connectivity index (χ4v) is 5.21. The molecule has 4 heterocycles. The van der Waals surface area contributed by atoms with Gasteiger partial charge in [0.2, 0.25) is 11.7 Å². The summed E-state index contributed by atoms with van der Waals surface area (Å²) < 4.78 is 33.5. The van der Waals surface area contributed by atoms with Crippen molar-refractivity contribution in [3.8, 4) is 23.2 Å². The Balaban J connectivity index is 1.25. The van der Waals surface area contributed by atoms with E-state index in [4.69, 9.17) is 14.2 Å². The van der Waals surface area contributed by atoms with Crippen LogP contribution in [0.3, 0.4) is 0 Å². The lowest BCUT2D eigenvalue weighted by molar-refractivity contribution is -0.125. The summed E-state index contributed by atoms with van der Waals surface area (Å²) in [7, 11) is 1.49. The van der Waals surface area contributed by atoms with Gasteiger partial charge in [0, 0.05) is 38.5 Å². The fraction of sp³-hybridized carbons (Fsp3) is 0.345. The van der Waals surface area contributed by atoms with Gasteiger partial charge in [0.1, 0.15) is 30.3 Å². The second-order valence-electron chi connectivity index (χ2n) is 10.6. The SMILES string of the molecule is COc1ccc2cc1OCC(=O)N[C@@H]1CN(C(=O)c3nc(-n4cnnc4)n[nH]3)CC[C@H]1Oc1cc(F)cc(c1)CNC(=O)CC2. The van der Waals surface area contributed by atoms with Crippen molar-refractivity contribution in [2.45, 2.75) is 38.0 Å². The molecular formula is C29H30FN9O6. The van der Waals surface area contributed by atoms with Crippen molar-refractivity contribution >= 4 is 17.7 Å². The predicted octanol–water partition coefficient (Wildman–Crippen LogP) is 0.953. The molecule has 4 bridgehead atoms. The van der Waals surface area contributed by atoms with E-state index < -0.39 is 29.8 Å². The molecule has 0 aliphatic carbocycles. The number of amides is 3. The summed E-state index contributed by atoms with van der Waals surface area (Å²) in [5, 5.41) is 19.9. The first-order chi connectivity index (χ1) is 21.8. The number of benzene rings is 2. The van der Waals surface area contributed by atoms with E-state index in [1.807, 2.05) is 6.07 Å². The van der Waals surface area contributed by atoms with Crippen LogP contribution in [0.4, 0.5) is 4.39 Å². The van der Waals surface area contributed by atoms with Crippen LogP contribution in [0.15, 0.2) is 49.1 Å². The van der Waals surface area contributed by atoms with Crippen LogP contribution >= 0.6 is 0 Å². The molecule has 3 N–H and O–H groups in total. The number of nitrogens with one attached hydrogen (secondary N) is 3. The minimum atomic E-state index is -0.697. The maximum absolute atomic E-state index is 14.6. The molecule has 0 spiro atoms. The number of H-pyrrole nitrogens is 1. The summed E-state index contributed by atoms with van der Waals surface area (Å²) in [6.45, 7) is 0.0729. The molecule has 3 amide bonds. The van der Waals surface area contributed by atoms with E-state index >= 15 is 0 Å². The summed E-state index contributed by atoms with van der Waals surface area (Å²) in [6.07, 6.45) is 3.09. The molecular weight excluding hydrogens is 589 g/mol. The number of carbonyl (C=O) groups is 3. The molecule has 0 unspecified atom stereocenters. The van der Waals surface area contributed by atoms with Crippen molar-refractivity contribution in [2.24, 2.45) is 0 Å². The fourth-order valence-electron chi connectivity index (χ4n) is 5.21. The first-order valence-electron chi connectivity index (χ1n) is 14.2. The van der Waals surface area contributed by atoms with E-state index in [2.05, 4.69) is 36.0 Å². The largest absolute Gasteiger partial charge is 0.493 e. The van der Waals surface area contributed by atoms with Gasteiger partial charge in [0.05, 0.1) is 13.2 Å². The Morgan fingerprint density at radius 2 is 1.91 bits per heavy atom. The summed E-state index contributed by atoms with van der Waals surface area (Å²) in [6, 6.07) is 8.75. The van der Waals surface area contributed by atoms with Crippen LogP contribution in [-0.2, 0) is 22.6 Å². The number of piperidine rings is 1. The van der Waals surface area contributed by atoms with Gasteiger partial charge in [0.25, 0.3) is 17.8 Å². The Bertz CT molecular complexity index is 1700. The lowest BCUT2D eigenvalue weighted by atomic mass is 10.0. The number of aryl methyl sites for hydroxylation is 1. The summed E-state index contributed by atoms with van der Waals surface area (Å²) in [5.74, 6) is -0.447. The highest BCUT2D eigenvalue weighted by molar-refractivity contribution is 5.90. The topological polar surface area (TPSA) is 178 Å². The molecule has 45 heavy (non-hydrogen) atoms. The third-order valence-electron chi connectivity index (χ3n) is 7.44. The zero-order chi connectivity index (χ0) is 31.3. The molecule has 4 aromatic rings. The van der Waals surface area contributed by atoms with Crippen LogP contribution in [0.2, 0.25) is 0 Å². The molecule has 2 aliphatic heterocycles. The van der Waals surface area contributed by atoms with Gasteiger partial charge in [-0.25, -0.2) is 4.39 Å². The third kappa shape index (κ3) is 7.00. The maximum atomic E-state index is 14.6. The van der Waals surface area contributed by atoms with Gasteiger partial charge in [-0.1, -0.05) is 6.07 Å². The number of hydrogen-bond acceptors (Lipinski definition) is 10. The molecule has 234 valence electrons. The summed E-state index contributed by atoms with van der Waals surface area (Å²) >= 11 is 0. The van der Waals surface area contributed by atoms with Crippen LogP contribution in [0.5, 0.6) is 17.2 Å². The standard InChI is InChI=1S/C29H30FN9O6/c1-43-23-4-2-17-3-5-25(40)31-12-18-8-19(30)11-20(9-18)45-22-6-7-38(13-21(22)34-26(41)14-44-24(23)10-17)28(42)27-35-29(37-36-27)39-15-32-33-16-39/h2,4,8-11,15-16,21-22H,3,5-7,12-14H2,1H3,(H,31,40)(H,34,41)(H,35,36,37)/t21-,22-/m1/s1. The summed E-state index contributed by atoms with van der Waals surface area (Å²) in [4.78, 5) is 44.9. The molecule has 0 radical (unpaired) electrons. The second-order valence-corrected chi connectivity index (χ2v) is 10.6. The number of carbonyl (C=O) groups excluding carboxylic acids is 3. The molecule has 2 atom stereocenters. The van der Waals surface area contributed by atoms with Crippen molar-refractivity contribution in [3.63, 3.8) is 0 Å². The van der Waals surface area contributed by atoms with Crippen molar-refractivity contribution in [1.29, 1.82) is 0 Å². The highest BCUT2D eigenvalue weighted by atomic mass is 19.1. The molecule has 2 aliphatic rings. The van der Waals surface area contributed by atoms with Crippen LogP contribution in [-0.4, -0.2) is 91.5 Å². The second kappa shape index (κ2) is 13.0. The van der Waals surface area contributed by atoms with E-state index in [9.17, 15) is 18.8 Å². The highest BCUT2D eigenvalue weighted by Gasteiger charge is 2.35. The maximum Gasteiger partial charge on any atom is 0.291 e. The van der Waals surface area contributed by atoms with E-state index in [1.54, 1.807) is 18.2 Å².